The van der Waals surface area contributed by atoms with Gasteiger partial charge < -0.3 is 30.0 Å². The summed E-state index contributed by atoms with van der Waals surface area (Å²) in [4.78, 5) is 49.5. The summed E-state index contributed by atoms with van der Waals surface area (Å²) in [5, 5.41) is 10.7. The Morgan fingerprint density at radius 1 is 1.03 bits per heavy atom. The van der Waals surface area contributed by atoms with Gasteiger partial charge in [-0.2, -0.15) is 0 Å². The molecule has 1 aromatic carbocycles. The van der Waals surface area contributed by atoms with Crippen molar-refractivity contribution in [3.63, 3.8) is 0 Å². The molecule has 0 fully saturated rings. The zero-order valence-corrected chi connectivity index (χ0v) is 21.7. The fourth-order valence-electron chi connectivity index (χ4n) is 2.83. The number of hydrazine groups is 1. The third-order valence-electron chi connectivity index (χ3n) is 4.57. The van der Waals surface area contributed by atoms with Crippen molar-refractivity contribution in [2.45, 2.75) is 30.4 Å². The monoisotopic (exact) mass is 571 g/mol. The minimum absolute atomic E-state index is 0. The highest BCUT2D eigenvalue weighted by Crippen LogP contribution is 2.69. The van der Waals surface area contributed by atoms with E-state index in [-0.39, 0.29) is 25.4 Å². The Labute approximate surface area is 208 Å². The highest BCUT2D eigenvalue weighted by molar-refractivity contribution is 7.72. The Balaban J connectivity index is 0.0000102. The number of hydrogen-bond acceptors (Lipinski definition) is 6. The predicted molar refractivity (Wildman–Crippen MR) is 129 cm³/mol. The molecule has 0 saturated carbocycles. The lowest BCUT2D eigenvalue weighted by Crippen LogP contribution is -2.54. The van der Waals surface area contributed by atoms with E-state index < -0.39 is 38.6 Å². The molecule has 1 rings (SSSR count). The molecule has 192 valence electrons. The molecule has 1 atom stereocenters. The molecule has 11 nitrogen and oxygen atoms in total. The maximum atomic E-state index is 12.8. The van der Waals surface area contributed by atoms with E-state index in [1.54, 1.807) is 5.01 Å². The second-order valence-corrected chi connectivity index (χ2v) is 11.8. The number of carbonyl (C=O) groups is 1. The molecule has 0 unspecified atom stereocenters. The van der Waals surface area contributed by atoms with E-state index in [2.05, 4.69) is 10.7 Å². The second-order valence-electron chi connectivity index (χ2n) is 6.99. The smallest absolute Gasteiger partial charge is 0.368 e. The summed E-state index contributed by atoms with van der Waals surface area (Å²) in [6.45, 7) is 0.661. The molecule has 0 aromatic heterocycles. The number of nitrogens with zero attached hydrogens (tertiary/aromatic N) is 1. The fourth-order valence-corrected chi connectivity index (χ4v) is 5.50. The van der Waals surface area contributed by atoms with E-state index in [0.29, 0.717) is 31.3 Å². The molecule has 7 N–H and O–H groups in total. The number of carbonyl (C=O) groups excluding carboxylic acids is 1. The summed E-state index contributed by atoms with van der Waals surface area (Å²) in [7, 11) is -11.1. The maximum Gasteiger partial charge on any atom is 0.369 e. The van der Waals surface area contributed by atoms with Crippen LogP contribution in [0.5, 0.6) is 0 Å². The molecule has 0 spiro atoms. The van der Waals surface area contributed by atoms with Crippen LogP contribution in [0.3, 0.4) is 0 Å². The Morgan fingerprint density at radius 3 is 2.00 bits per heavy atom. The van der Waals surface area contributed by atoms with Crippen LogP contribution in [0.25, 0.3) is 0 Å². The van der Waals surface area contributed by atoms with Crippen molar-refractivity contribution in [1.29, 1.82) is 0 Å². The van der Waals surface area contributed by atoms with Crippen molar-refractivity contribution in [1.82, 2.24) is 15.8 Å². The van der Waals surface area contributed by atoms with Crippen LogP contribution in [0.2, 0.25) is 0 Å². The number of benzene rings is 1. The summed E-state index contributed by atoms with van der Waals surface area (Å²) in [5.41, 5.74) is 3.93. The van der Waals surface area contributed by atoms with Gasteiger partial charge in [-0.25, -0.2) is 10.4 Å². The van der Waals surface area contributed by atoms with Crippen LogP contribution in [-0.2, 0) is 20.3 Å². The lowest BCUT2D eigenvalue weighted by molar-refractivity contribution is -0.124. The van der Waals surface area contributed by atoms with E-state index in [9.17, 15) is 38.6 Å². The molecule has 0 radical (unpaired) electrons. The largest absolute Gasteiger partial charge is 0.369 e. The van der Waals surface area contributed by atoms with Gasteiger partial charge in [-0.05, 0) is 18.4 Å². The van der Waals surface area contributed by atoms with Crippen molar-refractivity contribution < 1.29 is 38.6 Å². The third kappa shape index (κ3) is 10.5. The van der Waals surface area contributed by atoms with Gasteiger partial charge in [0, 0.05) is 37.8 Å². The zero-order valence-electron chi connectivity index (χ0n) is 17.6. The Hall–Kier alpha value is -0.260. The van der Waals surface area contributed by atoms with Crippen molar-refractivity contribution in [2.24, 2.45) is 0 Å². The molecule has 1 amide bonds. The van der Waals surface area contributed by atoms with Crippen LogP contribution in [0.15, 0.2) is 30.3 Å². The average molecular weight is 573 g/mol. The molecule has 0 aliphatic heterocycles. The third-order valence-corrected chi connectivity index (χ3v) is 8.78. The summed E-state index contributed by atoms with van der Waals surface area (Å²) in [6, 6.07) is 8.43. The predicted octanol–water partition coefficient (Wildman–Crippen LogP) is 1.20. The number of rotatable bonds is 15. The first kappa shape index (κ1) is 32.7. The van der Waals surface area contributed by atoms with Crippen molar-refractivity contribution in [2.75, 3.05) is 31.4 Å². The molecule has 0 bridgehead atoms. The van der Waals surface area contributed by atoms with Gasteiger partial charge in [0.2, 0.25) is 5.91 Å². The molecule has 1 aromatic rings. The molecular formula is C17H30Cl3N3O8P2. The van der Waals surface area contributed by atoms with Crippen molar-refractivity contribution >= 4 is 56.7 Å². The standard InChI is InChI=1S/C17H29Cl2N3O8P2.ClH/c18-8-11-22(12-9-19)21-15(13-14-5-2-1-3-6-14)16(23)20-10-4-7-17(24,31(25,26)27)32(28,29)30;/h1-3,5-6,15,21,24H,4,7-13H2,(H,20,23)(H2,25,26,27)(H2,28,29,30);1H/t15-;/m0./s1. The second kappa shape index (κ2) is 15.0. The number of amides is 1. The first-order chi connectivity index (χ1) is 14.9. The normalized spacial score (nSPS) is 13.5. The van der Waals surface area contributed by atoms with Gasteiger partial charge in [-0.1, -0.05) is 30.3 Å². The molecule has 0 saturated heterocycles. The Morgan fingerprint density at radius 2 is 1.55 bits per heavy atom. The van der Waals surface area contributed by atoms with E-state index >= 15 is 0 Å². The topological polar surface area (TPSA) is 180 Å². The minimum Gasteiger partial charge on any atom is -0.368 e. The van der Waals surface area contributed by atoms with Gasteiger partial charge in [0.05, 0.1) is 0 Å². The van der Waals surface area contributed by atoms with Crippen molar-refractivity contribution in [3.05, 3.63) is 35.9 Å². The minimum atomic E-state index is -5.54. The SMILES string of the molecule is Cl.O=C(NCCCC(O)(P(=O)(O)O)P(=O)(O)O)[C@H](Cc1ccccc1)NN(CCCl)CCCl. The molecule has 0 aliphatic carbocycles. The van der Waals surface area contributed by atoms with Crippen LogP contribution < -0.4 is 10.7 Å². The first-order valence-corrected chi connectivity index (χ1v) is 13.9. The van der Waals surface area contributed by atoms with Crippen molar-refractivity contribution in [3.8, 4) is 0 Å². The van der Waals surface area contributed by atoms with E-state index in [0.717, 1.165) is 5.56 Å². The average Bonchev–Trinajstić information content (AvgIpc) is 2.69. The fraction of sp³-hybridized carbons (Fsp3) is 0.588. The molecule has 0 heterocycles. The number of hydrogen-bond donors (Lipinski definition) is 7. The highest BCUT2D eigenvalue weighted by atomic mass is 35.5. The van der Waals surface area contributed by atoms with Crippen LogP contribution in [0.1, 0.15) is 18.4 Å². The van der Waals surface area contributed by atoms with Gasteiger partial charge in [-0.15, -0.1) is 35.6 Å². The number of aliphatic hydroxyl groups is 1. The molecular weight excluding hydrogens is 543 g/mol. The van der Waals surface area contributed by atoms with Crippen LogP contribution in [0.4, 0.5) is 0 Å². The van der Waals surface area contributed by atoms with E-state index in [1.807, 2.05) is 30.3 Å². The van der Waals surface area contributed by atoms with Crippen LogP contribution in [0, 0.1) is 0 Å². The zero-order chi connectivity index (χ0) is 24.4. The van der Waals surface area contributed by atoms with Gasteiger partial charge >= 0.3 is 15.2 Å². The van der Waals surface area contributed by atoms with Gasteiger partial charge in [0.15, 0.2) is 0 Å². The van der Waals surface area contributed by atoms with Gasteiger partial charge in [0.1, 0.15) is 6.04 Å². The van der Waals surface area contributed by atoms with Gasteiger partial charge in [0.25, 0.3) is 5.08 Å². The van der Waals surface area contributed by atoms with Crippen LogP contribution in [-0.4, -0.2) is 78.1 Å². The summed E-state index contributed by atoms with van der Waals surface area (Å²) >= 11 is 11.6. The summed E-state index contributed by atoms with van der Waals surface area (Å²) < 4.78 is 22.8. The Kier molecular flexibility index (Phi) is 14.9. The summed E-state index contributed by atoms with van der Waals surface area (Å²) in [5.74, 6) is 0.138. The maximum absolute atomic E-state index is 12.8. The number of halogens is 3. The van der Waals surface area contributed by atoms with Crippen LogP contribution >= 0.6 is 50.8 Å². The molecule has 33 heavy (non-hydrogen) atoms. The lowest BCUT2D eigenvalue weighted by atomic mass is 10.1. The highest BCUT2D eigenvalue weighted by Gasteiger charge is 2.58. The molecule has 16 heteroatoms. The lowest BCUT2D eigenvalue weighted by Gasteiger charge is -2.29. The van der Waals surface area contributed by atoms with E-state index in [1.165, 1.54) is 0 Å². The number of alkyl halides is 2. The Bertz CT molecular complexity index is 784. The molecule has 0 aliphatic rings. The first-order valence-electron chi connectivity index (χ1n) is 9.64. The van der Waals surface area contributed by atoms with Gasteiger partial charge in [-0.3, -0.25) is 13.9 Å². The van der Waals surface area contributed by atoms with E-state index in [4.69, 9.17) is 23.2 Å². The number of nitrogens with one attached hydrogen (secondary N) is 2. The quantitative estimate of drug-likeness (QED) is 0.0699. The summed E-state index contributed by atoms with van der Waals surface area (Å²) in [6.07, 6.45) is -0.893.